The highest BCUT2D eigenvalue weighted by Crippen LogP contribution is 2.40. The highest BCUT2D eigenvalue weighted by Gasteiger charge is 2.47. The zero-order valence-electron chi connectivity index (χ0n) is 38.0. The Hall–Kier alpha value is -8.11. The molecule has 0 aromatic heterocycles. The van der Waals surface area contributed by atoms with Crippen LogP contribution in [0.5, 0.6) is 23.0 Å². The van der Waals surface area contributed by atoms with E-state index in [4.69, 9.17) is 23.7 Å². The molecule has 1 aliphatic carbocycles. The lowest BCUT2D eigenvalue weighted by molar-refractivity contribution is -0.0429. The first-order chi connectivity index (χ1) is 34.3. The van der Waals surface area contributed by atoms with E-state index in [0.717, 1.165) is 11.6 Å². The van der Waals surface area contributed by atoms with E-state index in [1.807, 2.05) is 30.3 Å². The summed E-state index contributed by atoms with van der Waals surface area (Å²) in [5, 5.41) is 3.00. The molecule has 2 N–H and O–H groups in total. The molecule has 1 amide bonds. The van der Waals surface area contributed by atoms with Crippen LogP contribution in [0.15, 0.2) is 176 Å². The van der Waals surface area contributed by atoms with Crippen molar-refractivity contribution in [3.63, 3.8) is 0 Å². The number of anilines is 1. The summed E-state index contributed by atoms with van der Waals surface area (Å²) >= 11 is 0. The SMILES string of the molecule is O=C(NC1CCCC1OC(=O)c1cc(OCc2ccccc2)c(C(=O)c2c(NS(=O)(=O)C(F)(F)F)cccc2OCc2ccccc2)c(OCc2ccccc2)c1)c1ccc(OCc2ccccc2)cc1. The van der Waals surface area contributed by atoms with Crippen LogP contribution in [-0.2, 0) is 41.2 Å². The molecule has 0 radical (unpaired) electrons. The molecule has 12 nitrogen and oxygen atoms in total. The number of ether oxygens (including phenoxy) is 5. The molecular weight excluding hydrogens is 938 g/mol. The average Bonchev–Trinajstić information content (AvgIpc) is 3.82. The number of amides is 1. The van der Waals surface area contributed by atoms with E-state index in [-0.39, 0.29) is 54.1 Å². The lowest BCUT2D eigenvalue weighted by atomic mass is 9.97. The molecule has 0 saturated heterocycles. The standard InChI is InChI=1S/C55H47F3N2O10S/c56-55(57,58)71(64,65)60-45-24-14-26-47(67-34-38-17-7-2-8-18-38)50(45)52(61)51-48(68-35-39-19-9-3-10-20-39)31-42(32-49(51)69-36-40-21-11-4-12-22-40)54(63)70-46-25-13-23-44(46)59-53(62)41-27-29-43(30-28-41)66-33-37-15-5-1-6-16-37/h1-12,14-22,24,26-32,44,46,60H,13,23,25,33-36H2,(H,59,62). The van der Waals surface area contributed by atoms with Gasteiger partial charge < -0.3 is 29.0 Å². The number of benzene rings is 7. The van der Waals surface area contributed by atoms with Gasteiger partial charge in [-0.2, -0.15) is 21.6 Å². The maximum atomic E-state index is 15.3. The molecule has 2 atom stereocenters. The number of hydrogen-bond donors (Lipinski definition) is 2. The van der Waals surface area contributed by atoms with Gasteiger partial charge in [-0.3, -0.25) is 14.3 Å². The minimum Gasteiger partial charge on any atom is -0.489 e. The van der Waals surface area contributed by atoms with Crippen LogP contribution in [0.2, 0.25) is 0 Å². The normalized spacial score (nSPS) is 14.5. The van der Waals surface area contributed by atoms with E-state index in [0.29, 0.717) is 53.9 Å². The number of esters is 1. The van der Waals surface area contributed by atoms with Gasteiger partial charge in [0.05, 0.1) is 22.9 Å². The van der Waals surface area contributed by atoms with E-state index in [9.17, 15) is 31.2 Å². The van der Waals surface area contributed by atoms with Crippen molar-refractivity contribution in [3.8, 4) is 23.0 Å². The summed E-state index contributed by atoms with van der Waals surface area (Å²) < 4.78 is 99.3. The van der Waals surface area contributed by atoms with Crippen molar-refractivity contribution in [1.82, 2.24) is 5.32 Å². The molecule has 0 spiro atoms. The number of hydrogen-bond acceptors (Lipinski definition) is 10. The fraction of sp³-hybridized carbons (Fsp3) is 0.182. The highest BCUT2D eigenvalue weighted by molar-refractivity contribution is 7.93. The maximum Gasteiger partial charge on any atom is 0.516 e. The number of nitrogens with one attached hydrogen (secondary N) is 2. The van der Waals surface area contributed by atoms with Gasteiger partial charge in [-0.15, -0.1) is 0 Å². The second-order valence-corrected chi connectivity index (χ2v) is 18.2. The summed E-state index contributed by atoms with van der Waals surface area (Å²) in [7, 11) is -6.07. The average molecular weight is 985 g/mol. The maximum absolute atomic E-state index is 15.3. The topological polar surface area (TPSA) is 156 Å². The Labute approximate surface area is 408 Å². The second kappa shape index (κ2) is 22.5. The Balaban J connectivity index is 1.13. The zero-order valence-corrected chi connectivity index (χ0v) is 38.8. The van der Waals surface area contributed by atoms with Crippen LogP contribution in [0, 0.1) is 0 Å². The predicted molar refractivity (Wildman–Crippen MR) is 259 cm³/mol. The van der Waals surface area contributed by atoms with Gasteiger partial charge in [0.15, 0.2) is 0 Å². The van der Waals surface area contributed by atoms with Crippen molar-refractivity contribution < 1.29 is 59.7 Å². The number of carbonyl (C=O) groups excluding carboxylic acids is 3. The van der Waals surface area contributed by atoms with Crippen LogP contribution in [-0.4, -0.2) is 43.7 Å². The van der Waals surface area contributed by atoms with Gasteiger partial charge >= 0.3 is 21.5 Å². The molecule has 1 fully saturated rings. The minimum atomic E-state index is -6.07. The predicted octanol–water partition coefficient (Wildman–Crippen LogP) is 11.0. The van der Waals surface area contributed by atoms with Crippen molar-refractivity contribution in [2.24, 2.45) is 0 Å². The lowest BCUT2D eigenvalue weighted by Gasteiger charge is -2.23. The Morgan fingerprint density at radius 1 is 0.535 bits per heavy atom. The van der Waals surface area contributed by atoms with Crippen molar-refractivity contribution in [1.29, 1.82) is 0 Å². The molecule has 71 heavy (non-hydrogen) atoms. The van der Waals surface area contributed by atoms with E-state index in [2.05, 4.69) is 5.32 Å². The molecule has 0 aliphatic heterocycles. The summed E-state index contributed by atoms with van der Waals surface area (Å²) in [6, 6.07) is 48.2. The molecule has 7 aromatic carbocycles. The largest absolute Gasteiger partial charge is 0.516 e. The van der Waals surface area contributed by atoms with Gasteiger partial charge in [-0.25, -0.2) is 4.79 Å². The number of carbonyl (C=O) groups is 3. The second-order valence-electron chi connectivity index (χ2n) is 16.5. The molecular formula is C55H47F3N2O10S. The number of sulfonamides is 1. The lowest BCUT2D eigenvalue weighted by Crippen LogP contribution is -2.42. The molecule has 7 aromatic rings. The van der Waals surface area contributed by atoms with Gasteiger partial charge in [-0.05, 0) is 90.0 Å². The van der Waals surface area contributed by atoms with E-state index >= 15 is 4.79 Å². The van der Waals surface area contributed by atoms with Crippen LogP contribution < -0.4 is 29.0 Å². The van der Waals surface area contributed by atoms with Crippen molar-refractivity contribution in [3.05, 3.63) is 220 Å². The molecule has 1 aliphatic rings. The molecule has 2 unspecified atom stereocenters. The molecule has 0 bridgehead atoms. The van der Waals surface area contributed by atoms with Gasteiger partial charge in [0, 0.05) is 5.56 Å². The summed E-state index contributed by atoms with van der Waals surface area (Å²) in [5.41, 5.74) is -4.29. The Morgan fingerprint density at radius 3 is 1.51 bits per heavy atom. The fourth-order valence-corrected chi connectivity index (χ4v) is 8.37. The Morgan fingerprint density at radius 2 is 1.01 bits per heavy atom. The third kappa shape index (κ3) is 12.8. The Kier molecular flexibility index (Phi) is 15.7. The van der Waals surface area contributed by atoms with Crippen LogP contribution in [0.4, 0.5) is 18.9 Å². The summed E-state index contributed by atoms with van der Waals surface area (Å²) in [6.07, 6.45) is 0.802. The summed E-state index contributed by atoms with van der Waals surface area (Å²) in [4.78, 5) is 43.2. The van der Waals surface area contributed by atoms with Crippen LogP contribution in [0.1, 0.15) is 78.2 Å². The summed E-state index contributed by atoms with van der Waals surface area (Å²) in [5.74, 6) is -2.47. The van der Waals surface area contributed by atoms with Crippen molar-refractivity contribution in [2.45, 2.75) is 63.3 Å². The molecule has 0 heterocycles. The van der Waals surface area contributed by atoms with Gasteiger partial charge in [-0.1, -0.05) is 127 Å². The van der Waals surface area contributed by atoms with Crippen LogP contribution >= 0.6 is 0 Å². The Bertz CT molecular complexity index is 2990. The highest BCUT2D eigenvalue weighted by atomic mass is 32.2. The minimum absolute atomic E-state index is 0.123. The summed E-state index contributed by atoms with van der Waals surface area (Å²) in [6.45, 7) is -0.117. The monoisotopic (exact) mass is 984 g/mol. The van der Waals surface area contributed by atoms with Gasteiger partial charge in [0.1, 0.15) is 61.1 Å². The third-order valence-electron chi connectivity index (χ3n) is 11.4. The number of alkyl halides is 3. The first kappa shape index (κ1) is 49.3. The number of halogens is 3. The van der Waals surface area contributed by atoms with Crippen molar-refractivity contribution in [2.75, 3.05) is 4.72 Å². The first-order valence-corrected chi connectivity index (χ1v) is 24.0. The number of ketones is 1. The van der Waals surface area contributed by atoms with Gasteiger partial charge in [0.2, 0.25) is 5.78 Å². The van der Waals surface area contributed by atoms with E-state index in [1.54, 1.807) is 115 Å². The molecule has 1 saturated carbocycles. The number of rotatable bonds is 20. The smallest absolute Gasteiger partial charge is 0.489 e. The fourth-order valence-electron chi connectivity index (χ4n) is 7.80. The third-order valence-corrected chi connectivity index (χ3v) is 12.5. The van der Waals surface area contributed by atoms with Crippen LogP contribution in [0.25, 0.3) is 0 Å². The molecule has 364 valence electrons. The van der Waals surface area contributed by atoms with Crippen molar-refractivity contribution >= 4 is 33.4 Å². The van der Waals surface area contributed by atoms with Crippen LogP contribution in [0.3, 0.4) is 0 Å². The quantitative estimate of drug-likeness (QED) is 0.0557. The first-order valence-electron chi connectivity index (χ1n) is 22.5. The molecule has 16 heteroatoms. The zero-order chi connectivity index (χ0) is 49.8. The molecule has 8 rings (SSSR count). The van der Waals surface area contributed by atoms with E-state index in [1.165, 1.54) is 29.0 Å². The van der Waals surface area contributed by atoms with E-state index < -0.39 is 50.7 Å². The van der Waals surface area contributed by atoms with Gasteiger partial charge in [0.25, 0.3) is 5.91 Å².